The van der Waals surface area contributed by atoms with Crippen LogP contribution < -0.4 is 0 Å². The lowest BCUT2D eigenvalue weighted by Gasteiger charge is -2.19. The zero-order chi connectivity index (χ0) is 10.3. The molecule has 1 atom stereocenters. The van der Waals surface area contributed by atoms with Crippen molar-refractivity contribution < 1.29 is 9.53 Å². The van der Waals surface area contributed by atoms with Crippen LogP contribution >= 0.6 is 12.6 Å². The molecule has 0 amide bonds. The Bertz CT molecular complexity index is 149. The predicted octanol–water partition coefficient (Wildman–Crippen LogP) is 1.19. The quantitative estimate of drug-likeness (QED) is 0.522. The van der Waals surface area contributed by atoms with Crippen LogP contribution in [0.5, 0.6) is 0 Å². The molecule has 0 aliphatic heterocycles. The molecule has 0 N–H and O–H groups in total. The van der Waals surface area contributed by atoms with Gasteiger partial charge in [0.2, 0.25) is 0 Å². The minimum Gasteiger partial charge on any atom is -0.468 e. The molecule has 0 saturated heterocycles. The molecular formula is C9H19NO2S. The standard InChI is InChI=1S/C9H19NO2S/c1-4-10(5-2)7-6-8(13)9(11)12-3/h8,13H,4-7H2,1-3H3. The van der Waals surface area contributed by atoms with Gasteiger partial charge in [-0.05, 0) is 26.1 Å². The second-order valence-corrected chi connectivity index (χ2v) is 3.48. The van der Waals surface area contributed by atoms with Gasteiger partial charge in [0.05, 0.1) is 7.11 Å². The highest BCUT2D eigenvalue weighted by Gasteiger charge is 2.14. The molecule has 0 aromatic rings. The first kappa shape index (κ1) is 12.8. The van der Waals surface area contributed by atoms with Crippen LogP contribution in [0, 0.1) is 0 Å². The molecule has 0 saturated carbocycles. The maximum absolute atomic E-state index is 11.0. The van der Waals surface area contributed by atoms with Gasteiger partial charge >= 0.3 is 5.97 Å². The molecule has 0 aromatic heterocycles. The Morgan fingerprint density at radius 2 is 2.00 bits per heavy atom. The number of hydrogen-bond donors (Lipinski definition) is 1. The number of hydrogen-bond acceptors (Lipinski definition) is 4. The van der Waals surface area contributed by atoms with Gasteiger partial charge in [-0.1, -0.05) is 13.8 Å². The molecular weight excluding hydrogens is 186 g/mol. The molecule has 3 nitrogen and oxygen atoms in total. The average molecular weight is 205 g/mol. The summed E-state index contributed by atoms with van der Waals surface area (Å²) in [7, 11) is 1.39. The van der Waals surface area contributed by atoms with Gasteiger partial charge in [-0.3, -0.25) is 4.79 Å². The van der Waals surface area contributed by atoms with Crippen LogP contribution in [-0.2, 0) is 9.53 Å². The smallest absolute Gasteiger partial charge is 0.318 e. The Balaban J connectivity index is 3.67. The molecule has 13 heavy (non-hydrogen) atoms. The van der Waals surface area contributed by atoms with E-state index in [1.807, 2.05) is 0 Å². The fraction of sp³-hybridized carbons (Fsp3) is 0.889. The highest BCUT2D eigenvalue weighted by molar-refractivity contribution is 7.81. The summed E-state index contributed by atoms with van der Waals surface area (Å²) in [5.41, 5.74) is 0. The van der Waals surface area contributed by atoms with Crippen molar-refractivity contribution in [2.45, 2.75) is 25.5 Å². The highest BCUT2D eigenvalue weighted by atomic mass is 32.1. The van der Waals surface area contributed by atoms with Crippen molar-refractivity contribution in [3.05, 3.63) is 0 Å². The fourth-order valence-electron chi connectivity index (χ4n) is 1.10. The lowest BCUT2D eigenvalue weighted by atomic mass is 10.3. The largest absolute Gasteiger partial charge is 0.468 e. The zero-order valence-electron chi connectivity index (χ0n) is 8.62. The van der Waals surface area contributed by atoms with E-state index in [4.69, 9.17) is 0 Å². The summed E-state index contributed by atoms with van der Waals surface area (Å²) in [6, 6.07) is 0. The molecule has 4 heteroatoms. The van der Waals surface area contributed by atoms with Crippen LogP contribution in [-0.4, -0.2) is 42.9 Å². The Labute approximate surface area is 85.8 Å². The molecule has 78 valence electrons. The molecule has 1 unspecified atom stereocenters. The third-order valence-corrected chi connectivity index (χ3v) is 2.56. The lowest BCUT2D eigenvalue weighted by molar-refractivity contribution is -0.140. The first-order valence-electron chi connectivity index (χ1n) is 4.63. The molecule has 0 aliphatic rings. The van der Waals surface area contributed by atoms with Crippen LogP contribution in [0.25, 0.3) is 0 Å². The Morgan fingerprint density at radius 1 is 1.46 bits per heavy atom. The number of rotatable bonds is 6. The maximum Gasteiger partial charge on any atom is 0.318 e. The normalized spacial score (nSPS) is 13.0. The van der Waals surface area contributed by atoms with Crippen LogP contribution in [0.3, 0.4) is 0 Å². The molecule has 0 aliphatic carbocycles. The van der Waals surface area contributed by atoms with E-state index in [0.29, 0.717) is 0 Å². The molecule has 0 fully saturated rings. The van der Waals surface area contributed by atoms with Crippen molar-refractivity contribution in [1.82, 2.24) is 4.90 Å². The van der Waals surface area contributed by atoms with Crippen LogP contribution in [0.2, 0.25) is 0 Å². The van der Waals surface area contributed by atoms with E-state index in [0.717, 1.165) is 26.1 Å². The predicted molar refractivity (Wildman–Crippen MR) is 57.2 cm³/mol. The van der Waals surface area contributed by atoms with Crippen LogP contribution in [0.4, 0.5) is 0 Å². The molecule has 0 radical (unpaired) electrons. The van der Waals surface area contributed by atoms with Gasteiger partial charge in [0, 0.05) is 0 Å². The molecule has 0 heterocycles. The van der Waals surface area contributed by atoms with Crippen LogP contribution in [0.1, 0.15) is 20.3 Å². The van der Waals surface area contributed by atoms with Crippen molar-refractivity contribution in [2.75, 3.05) is 26.7 Å². The average Bonchev–Trinajstić information content (AvgIpc) is 2.17. The van der Waals surface area contributed by atoms with Gasteiger partial charge < -0.3 is 9.64 Å². The van der Waals surface area contributed by atoms with Crippen molar-refractivity contribution in [1.29, 1.82) is 0 Å². The summed E-state index contributed by atoms with van der Waals surface area (Å²) in [5.74, 6) is -0.240. The number of ether oxygens (including phenoxy) is 1. The van der Waals surface area contributed by atoms with Gasteiger partial charge in [0.1, 0.15) is 5.25 Å². The van der Waals surface area contributed by atoms with Crippen molar-refractivity contribution in [3.63, 3.8) is 0 Å². The van der Waals surface area contributed by atoms with Crippen molar-refractivity contribution >= 4 is 18.6 Å². The summed E-state index contributed by atoms with van der Waals surface area (Å²) in [6.45, 7) is 7.14. The summed E-state index contributed by atoms with van der Waals surface area (Å²) < 4.78 is 4.58. The Kier molecular flexibility index (Phi) is 7.09. The van der Waals surface area contributed by atoms with Gasteiger partial charge in [-0.15, -0.1) is 0 Å². The summed E-state index contributed by atoms with van der Waals surface area (Å²) in [4.78, 5) is 13.2. The molecule has 0 aromatic carbocycles. The van der Waals surface area contributed by atoms with E-state index >= 15 is 0 Å². The van der Waals surface area contributed by atoms with E-state index in [2.05, 4.69) is 36.1 Å². The Hall–Kier alpha value is -0.220. The summed E-state index contributed by atoms with van der Waals surface area (Å²) in [5, 5.41) is -0.286. The van der Waals surface area contributed by atoms with E-state index in [1.165, 1.54) is 7.11 Å². The summed E-state index contributed by atoms with van der Waals surface area (Å²) >= 11 is 4.16. The topological polar surface area (TPSA) is 29.5 Å². The molecule has 0 bridgehead atoms. The molecule has 0 spiro atoms. The number of esters is 1. The third-order valence-electron chi connectivity index (χ3n) is 2.09. The van der Waals surface area contributed by atoms with Gasteiger partial charge in [0.15, 0.2) is 0 Å². The minimum atomic E-state index is -0.286. The van der Waals surface area contributed by atoms with E-state index in [1.54, 1.807) is 0 Å². The van der Waals surface area contributed by atoms with Gasteiger partial charge in [-0.25, -0.2) is 0 Å². The second-order valence-electron chi connectivity index (χ2n) is 2.85. The SMILES string of the molecule is CCN(CC)CCC(S)C(=O)OC. The maximum atomic E-state index is 11.0. The van der Waals surface area contributed by atoms with Crippen LogP contribution in [0.15, 0.2) is 0 Å². The van der Waals surface area contributed by atoms with E-state index < -0.39 is 0 Å². The third kappa shape index (κ3) is 5.16. The zero-order valence-corrected chi connectivity index (χ0v) is 9.51. The van der Waals surface area contributed by atoms with Crippen molar-refractivity contribution in [3.8, 4) is 0 Å². The number of nitrogens with zero attached hydrogens (tertiary/aromatic N) is 1. The molecule has 0 rings (SSSR count). The van der Waals surface area contributed by atoms with Gasteiger partial charge in [0.25, 0.3) is 0 Å². The summed E-state index contributed by atoms with van der Waals surface area (Å²) in [6.07, 6.45) is 0.747. The fourth-order valence-corrected chi connectivity index (χ4v) is 1.32. The number of carbonyl (C=O) groups excluding carboxylic acids is 1. The van der Waals surface area contributed by atoms with Crippen molar-refractivity contribution in [2.24, 2.45) is 0 Å². The van der Waals surface area contributed by atoms with E-state index in [9.17, 15) is 4.79 Å². The minimum absolute atomic E-state index is 0.240. The van der Waals surface area contributed by atoms with E-state index in [-0.39, 0.29) is 11.2 Å². The first-order chi connectivity index (χ1) is 6.15. The van der Waals surface area contributed by atoms with Gasteiger partial charge in [-0.2, -0.15) is 12.6 Å². The second kappa shape index (κ2) is 7.21. The Morgan fingerprint density at radius 3 is 2.38 bits per heavy atom. The highest BCUT2D eigenvalue weighted by Crippen LogP contribution is 2.04. The first-order valence-corrected chi connectivity index (χ1v) is 5.15. The monoisotopic (exact) mass is 205 g/mol. The number of carbonyl (C=O) groups is 1. The lowest BCUT2D eigenvalue weighted by Crippen LogP contribution is -2.28. The number of thiol groups is 1. The number of methoxy groups -OCH3 is 1.